The number of ether oxygens (including phenoxy) is 2. The molecule has 0 saturated carbocycles. The molecule has 7 amide bonds. The summed E-state index contributed by atoms with van der Waals surface area (Å²) in [6, 6.07) is 15.3. The molecular weight excluding hydrogens is 877 g/mol. The fourth-order valence-electron chi connectivity index (χ4n) is 5.94. The number of benzene rings is 2. The quantitative estimate of drug-likeness (QED) is 0.0531. The summed E-state index contributed by atoms with van der Waals surface area (Å²) in [5.74, 6) is 2.81. The zero-order valence-corrected chi connectivity index (χ0v) is 41.4. The van der Waals surface area contributed by atoms with Crippen molar-refractivity contribution in [1.82, 2.24) is 25.2 Å². The van der Waals surface area contributed by atoms with Crippen LogP contribution in [0, 0.1) is 0 Å². The molecule has 0 spiro atoms. The lowest BCUT2D eigenvalue weighted by Crippen LogP contribution is -2.33. The number of carbonyl (C=O) groups is 8. The summed E-state index contributed by atoms with van der Waals surface area (Å²) in [7, 11) is -2.51. The maximum absolute atomic E-state index is 12.2. The second-order valence-electron chi connectivity index (χ2n) is 17.3. The lowest BCUT2D eigenvalue weighted by atomic mass is 10.1. The minimum atomic E-state index is -1.28. The van der Waals surface area contributed by atoms with Crippen molar-refractivity contribution in [3.05, 3.63) is 70.8 Å². The molecule has 2 aromatic rings. The van der Waals surface area contributed by atoms with Crippen LogP contribution in [-0.2, 0) is 33.6 Å². The van der Waals surface area contributed by atoms with Crippen molar-refractivity contribution in [2.45, 2.75) is 97.8 Å². The fraction of sp³-hybridized carbons (Fsp3) is 0.545. The maximum atomic E-state index is 12.2. The number of fused-ring (bicyclic) bond motifs is 2. The van der Waals surface area contributed by atoms with Crippen molar-refractivity contribution in [2.24, 2.45) is 5.90 Å². The first-order valence-electron chi connectivity index (χ1n) is 21.9. The molecule has 0 bridgehead atoms. The summed E-state index contributed by atoms with van der Waals surface area (Å²) >= 11 is 0. The zero-order valence-electron chi connectivity index (χ0n) is 39.4. The van der Waals surface area contributed by atoms with Gasteiger partial charge >= 0.3 is 12.2 Å². The van der Waals surface area contributed by atoms with E-state index in [4.69, 9.17) is 20.2 Å². The van der Waals surface area contributed by atoms with E-state index in [0.717, 1.165) is 12.1 Å². The first-order valence-corrected chi connectivity index (χ1v) is 29.3. The topological polar surface area (TPSA) is 234 Å². The van der Waals surface area contributed by atoms with Crippen LogP contribution in [0.15, 0.2) is 48.5 Å². The van der Waals surface area contributed by atoms with Gasteiger partial charge in [0.25, 0.3) is 35.4 Å². The molecule has 0 aliphatic carbocycles. The molecule has 19 nitrogen and oxygen atoms in total. The predicted octanol–water partition coefficient (Wildman–Crippen LogP) is 6.12. The molecule has 3 aliphatic rings. The highest BCUT2D eigenvalue weighted by molar-refractivity contribution is 6.76. The third-order valence-corrected chi connectivity index (χ3v) is 13.3. The van der Waals surface area contributed by atoms with Gasteiger partial charge in [-0.2, -0.15) is 5.48 Å². The van der Waals surface area contributed by atoms with E-state index in [1.165, 1.54) is 29.4 Å². The Hall–Kier alpha value is -5.33. The molecular formula is C44H68N6O13Si2. The first kappa shape index (κ1) is 55.8. The minimum absolute atomic E-state index is 0.0843. The maximum Gasteiger partial charge on any atom is 0.533 e. The van der Waals surface area contributed by atoms with E-state index in [1.54, 1.807) is 48.5 Å². The number of nitrogens with two attached hydrogens (primary N) is 1. The Balaban J connectivity index is 0.000000320. The van der Waals surface area contributed by atoms with E-state index < -0.39 is 40.2 Å². The molecule has 3 aliphatic heterocycles. The van der Waals surface area contributed by atoms with Gasteiger partial charge in [0.15, 0.2) is 0 Å². The Morgan fingerprint density at radius 3 is 1.35 bits per heavy atom. The highest BCUT2D eigenvalue weighted by Gasteiger charge is 2.36. The van der Waals surface area contributed by atoms with Gasteiger partial charge in [-0.1, -0.05) is 89.4 Å². The molecule has 21 heteroatoms. The van der Waals surface area contributed by atoms with Crippen LogP contribution in [0.1, 0.15) is 87.9 Å². The third-order valence-electron chi connectivity index (χ3n) is 9.85. The van der Waals surface area contributed by atoms with Gasteiger partial charge in [0.2, 0.25) is 0 Å². The van der Waals surface area contributed by atoms with Gasteiger partial charge < -0.3 is 19.2 Å². The van der Waals surface area contributed by atoms with Crippen LogP contribution >= 0.6 is 0 Å². The molecule has 0 aromatic heterocycles. The number of imide groups is 3. The van der Waals surface area contributed by atoms with Gasteiger partial charge in [-0.25, -0.2) is 15.5 Å². The van der Waals surface area contributed by atoms with E-state index in [2.05, 4.69) is 80.1 Å². The van der Waals surface area contributed by atoms with E-state index >= 15 is 0 Å². The Labute approximate surface area is 384 Å². The van der Waals surface area contributed by atoms with Crippen LogP contribution in [0.25, 0.3) is 0 Å². The van der Waals surface area contributed by atoms with E-state index in [1.807, 2.05) is 0 Å². The number of hydroxylamine groups is 3. The van der Waals surface area contributed by atoms with Crippen LogP contribution in [0.3, 0.4) is 0 Å². The lowest BCUT2D eigenvalue weighted by Gasteiger charge is -2.16. The number of nitrogens with one attached hydrogen (secondary N) is 1. The van der Waals surface area contributed by atoms with Crippen molar-refractivity contribution in [2.75, 3.05) is 59.2 Å². The van der Waals surface area contributed by atoms with Gasteiger partial charge in [-0.05, 0) is 68.8 Å². The summed E-state index contributed by atoms with van der Waals surface area (Å²) in [5, 5.41) is 0.483. The molecule has 0 atom stereocenters. The Morgan fingerprint density at radius 1 is 0.615 bits per heavy atom. The highest BCUT2D eigenvalue weighted by Crippen LogP contribution is 2.23. The number of carbonyl (C=O) groups excluding carboxylic acids is 8. The number of amides is 7. The Kier molecular flexibility index (Phi) is 23.9. The smallest absolute Gasteiger partial charge is 0.448 e. The van der Waals surface area contributed by atoms with Crippen LogP contribution < -0.4 is 11.4 Å². The molecule has 1 fully saturated rings. The summed E-state index contributed by atoms with van der Waals surface area (Å²) in [4.78, 5) is 112. The Bertz CT molecular complexity index is 1840. The monoisotopic (exact) mass is 944 g/mol. The molecule has 0 unspecified atom stereocenters. The number of hydrogen-bond donors (Lipinski definition) is 2. The van der Waals surface area contributed by atoms with E-state index in [0.29, 0.717) is 59.9 Å². The standard InChI is InChI=1S/C17H24N2O5Si.C11H12N2O3.C10H17NO5Si.C6H15N/c1-25(2,3)12-11-23-17(22)18-24-10-6-9-19-15(20)13-7-4-5-8-14(13)16(19)21;12-16-7-3-6-13-10(14)8-4-1-2-5-9(8)11(13)15;1-17(2,3)7-6-15-10(14)16-11-8(12)4-5-9(11)13;1-4-7(5-2)6-3/h4-5,7-8H,6,9-12H2,1-3H3,(H,18,22);1-2,4-5H,3,6-7,12H2;4-7H2,1-3H3;4-6H2,1-3H3. The van der Waals surface area contributed by atoms with Crippen molar-refractivity contribution in [3.63, 3.8) is 0 Å². The van der Waals surface area contributed by atoms with Crippen molar-refractivity contribution in [3.8, 4) is 0 Å². The zero-order chi connectivity index (χ0) is 48.7. The fourth-order valence-corrected chi connectivity index (χ4v) is 7.37. The van der Waals surface area contributed by atoms with Gasteiger partial charge in [0, 0.05) is 42.1 Å². The summed E-state index contributed by atoms with van der Waals surface area (Å²) in [6.45, 7) is 24.9. The largest absolute Gasteiger partial charge is 0.533 e. The second kappa shape index (κ2) is 27.9. The third kappa shape index (κ3) is 19.4. The minimum Gasteiger partial charge on any atom is -0.448 e. The van der Waals surface area contributed by atoms with Gasteiger partial charge in [0.05, 0.1) is 48.7 Å². The van der Waals surface area contributed by atoms with Gasteiger partial charge in [0.1, 0.15) is 0 Å². The van der Waals surface area contributed by atoms with Crippen LogP contribution in [0.5, 0.6) is 0 Å². The second-order valence-corrected chi connectivity index (χ2v) is 28.5. The average Bonchev–Trinajstić information content (AvgIpc) is 3.80. The van der Waals surface area contributed by atoms with Crippen molar-refractivity contribution < 1.29 is 62.3 Å². The number of rotatable bonds is 19. The molecule has 1 saturated heterocycles. The average molecular weight is 945 g/mol. The van der Waals surface area contributed by atoms with Crippen LogP contribution in [0.2, 0.25) is 51.4 Å². The molecule has 0 radical (unpaired) electrons. The normalized spacial score (nSPS) is 14.2. The molecule has 3 N–H and O–H groups in total. The van der Waals surface area contributed by atoms with Crippen molar-refractivity contribution >= 4 is 63.8 Å². The molecule has 2 aromatic carbocycles. The summed E-state index contributed by atoms with van der Waals surface area (Å²) in [5.41, 5.74) is 4.00. The molecule has 360 valence electrons. The van der Waals surface area contributed by atoms with E-state index in [-0.39, 0.29) is 56.2 Å². The first-order chi connectivity index (χ1) is 30.7. The van der Waals surface area contributed by atoms with Crippen LogP contribution in [-0.4, -0.2) is 143 Å². The summed E-state index contributed by atoms with van der Waals surface area (Å²) in [6.07, 6.45) is -0.490. The molecule has 5 rings (SSSR count). The van der Waals surface area contributed by atoms with Gasteiger partial charge in [-0.3, -0.25) is 48.2 Å². The molecule has 65 heavy (non-hydrogen) atoms. The SMILES string of the molecule is CCN(CC)CC.C[Si](C)(C)CCOC(=O)NOCCCN1C(=O)c2ccccc2C1=O.C[Si](C)(C)CCOC(=O)ON1C(=O)CCC1=O.NOCCCN1C(=O)c2ccccc2C1=O. The lowest BCUT2D eigenvalue weighted by molar-refractivity contribution is -0.176. The van der Waals surface area contributed by atoms with Gasteiger partial charge in [-0.15, -0.1) is 0 Å². The van der Waals surface area contributed by atoms with Crippen LogP contribution in [0.4, 0.5) is 9.59 Å². The Morgan fingerprint density at radius 2 is 1.00 bits per heavy atom. The predicted molar refractivity (Wildman–Crippen MR) is 247 cm³/mol. The summed E-state index contributed by atoms with van der Waals surface area (Å²) < 4.78 is 9.82. The number of hydrogen-bond acceptors (Lipinski definition) is 15. The number of nitrogens with zero attached hydrogens (tertiary/aromatic N) is 4. The highest BCUT2D eigenvalue weighted by atomic mass is 28.3. The van der Waals surface area contributed by atoms with Crippen molar-refractivity contribution in [1.29, 1.82) is 0 Å². The van der Waals surface area contributed by atoms with E-state index in [9.17, 15) is 38.4 Å². The molecule has 3 heterocycles.